The number of fused-ring (bicyclic) bond motifs is 7. The van der Waals surface area contributed by atoms with Crippen LogP contribution in [0.2, 0.25) is 0 Å². The molecule has 5 aliphatic carbocycles. The van der Waals surface area contributed by atoms with E-state index in [1.165, 1.54) is 0 Å². The van der Waals surface area contributed by atoms with Crippen molar-refractivity contribution in [2.45, 2.75) is 142 Å². The van der Waals surface area contributed by atoms with Gasteiger partial charge in [-0.25, -0.2) is 4.79 Å². The van der Waals surface area contributed by atoms with Crippen LogP contribution in [-0.2, 0) is 19.1 Å². The van der Waals surface area contributed by atoms with E-state index in [0.717, 1.165) is 37.7 Å². The molecule has 0 aromatic heterocycles. The third kappa shape index (κ3) is 4.62. The summed E-state index contributed by atoms with van der Waals surface area (Å²) in [6, 6.07) is 0. The van der Waals surface area contributed by atoms with Crippen molar-refractivity contribution >= 4 is 11.9 Å². The number of hydrogen-bond donors (Lipinski definition) is 7. The average molecular weight is 665 g/mol. The summed E-state index contributed by atoms with van der Waals surface area (Å²) in [5.41, 5.74) is -1.75. The Morgan fingerprint density at radius 2 is 1.51 bits per heavy atom. The van der Waals surface area contributed by atoms with Crippen molar-refractivity contribution in [3.05, 3.63) is 11.6 Å². The lowest BCUT2D eigenvalue weighted by molar-refractivity contribution is -0.327. The van der Waals surface area contributed by atoms with Crippen LogP contribution in [0.4, 0.5) is 0 Å². The number of hydrogen-bond acceptors (Lipinski definition) is 9. The molecule has 15 atom stereocenters. The second-order valence-corrected chi connectivity index (χ2v) is 17.7. The highest BCUT2D eigenvalue weighted by Crippen LogP contribution is 2.76. The van der Waals surface area contributed by atoms with E-state index in [0.29, 0.717) is 25.7 Å². The van der Waals surface area contributed by atoms with Gasteiger partial charge in [0.2, 0.25) is 0 Å². The van der Waals surface area contributed by atoms with Gasteiger partial charge in [-0.2, -0.15) is 0 Å². The third-order valence-corrected chi connectivity index (χ3v) is 15.5. The summed E-state index contributed by atoms with van der Waals surface area (Å²) >= 11 is 0. The van der Waals surface area contributed by atoms with Crippen LogP contribution in [0.3, 0.4) is 0 Å². The van der Waals surface area contributed by atoms with Crippen molar-refractivity contribution in [2.24, 2.45) is 50.2 Å². The Bertz CT molecular complexity index is 1320. The number of allylic oxidation sites excluding steroid dienone is 1. The Morgan fingerprint density at radius 3 is 2.13 bits per heavy atom. The molecule has 5 fully saturated rings. The van der Waals surface area contributed by atoms with Crippen molar-refractivity contribution in [2.75, 3.05) is 6.61 Å². The quantitative estimate of drug-likeness (QED) is 0.169. The van der Waals surface area contributed by atoms with Gasteiger partial charge in [0.1, 0.15) is 18.3 Å². The van der Waals surface area contributed by atoms with E-state index in [1.807, 2.05) is 20.8 Å². The van der Waals surface area contributed by atoms with Crippen molar-refractivity contribution in [3.63, 3.8) is 0 Å². The van der Waals surface area contributed by atoms with Gasteiger partial charge in [-0.05, 0) is 91.3 Å². The van der Waals surface area contributed by atoms with Crippen molar-refractivity contribution < 1.29 is 54.8 Å². The summed E-state index contributed by atoms with van der Waals surface area (Å²) in [4.78, 5) is 24.7. The maximum Gasteiger partial charge on any atom is 0.335 e. The molecule has 11 heteroatoms. The third-order valence-electron chi connectivity index (χ3n) is 15.5. The van der Waals surface area contributed by atoms with Gasteiger partial charge in [-0.1, -0.05) is 53.2 Å². The maximum absolute atomic E-state index is 13.0. The van der Waals surface area contributed by atoms with Crippen LogP contribution in [0.1, 0.15) is 99.3 Å². The molecule has 0 aromatic carbocycles. The molecule has 1 heterocycles. The van der Waals surface area contributed by atoms with E-state index < -0.39 is 71.6 Å². The number of ether oxygens (including phenoxy) is 2. The fourth-order valence-corrected chi connectivity index (χ4v) is 12.2. The molecule has 6 rings (SSSR count). The number of aliphatic carboxylic acids is 2. The lowest BCUT2D eigenvalue weighted by Crippen LogP contribution is -2.68. The van der Waals surface area contributed by atoms with E-state index >= 15 is 0 Å². The first-order valence-corrected chi connectivity index (χ1v) is 17.6. The molecule has 0 spiro atoms. The molecular formula is C36H56O11. The highest BCUT2D eigenvalue weighted by molar-refractivity contribution is 5.77. The largest absolute Gasteiger partial charge is 0.481 e. The van der Waals surface area contributed by atoms with Crippen LogP contribution in [-0.4, -0.2) is 97.2 Å². The second kappa shape index (κ2) is 11.2. The molecule has 1 saturated heterocycles. The summed E-state index contributed by atoms with van der Waals surface area (Å²) < 4.78 is 11.8. The predicted molar refractivity (Wildman–Crippen MR) is 169 cm³/mol. The van der Waals surface area contributed by atoms with Gasteiger partial charge >= 0.3 is 11.9 Å². The van der Waals surface area contributed by atoms with Crippen LogP contribution >= 0.6 is 0 Å². The normalized spacial score (nSPS) is 53.8. The standard InChI is InChI=1S/C36H56O11/c1-31(2)13-15-36(30(44)45)16-14-34(5)18(22(36)27(31)41)7-8-20-32(3)11-10-21(33(4,17-37)19(32)9-12-35(20,34)6)46-29-25(40)23(38)24(39)26(47-29)28(42)43/h7,19-27,29,37-41H,8-17H2,1-6H3,(H,42,43)(H,44,45)/t19-,20-,21?,22-,23+,24+,25-,26+,27?,29-,32+,33+,34-,35-,36+/m1/s1. The molecule has 7 N–H and O–H groups in total. The fourth-order valence-electron chi connectivity index (χ4n) is 12.2. The predicted octanol–water partition coefficient (Wildman–Crippen LogP) is 3.09. The fraction of sp³-hybridized carbons (Fsp3) is 0.889. The van der Waals surface area contributed by atoms with E-state index in [1.54, 1.807) is 0 Å². The first-order chi connectivity index (χ1) is 21.7. The molecule has 6 aliphatic rings. The maximum atomic E-state index is 13.0. The molecule has 0 radical (unpaired) electrons. The van der Waals surface area contributed by atoms with Gasteiger partial charge in [-0.15, -0.1) is 0 Å². The first-order valence-electron chi connectivity index (χ1n) is 17.6. The van der Waals surface area contributed by atoms with Gasteiger partial charge in [-0.3, -0.25) is 4.79 Å². The SMILES string of the molecule is CC1(C)CC[C@]2(C(=O)O)CC[C@]3(C)C(=CC[C@@H]4[C@@]5(C)CCC(O[C@@H]6O[C@H](C(=O)O)[C@@H](O)[C@H](O)[C@H]6O)[C@@](C)(CO)[C@@H]5CC[C@]43C)[C@@H]2C1O. The smallest absolute Gasteiger partial charge is 0.335 e. The topological polar surface area (TPSA) is 194 Å². The summed E-state index contributed by atoms with van der Waals surface area (Å²) in [5.74, 6) is -2.50. The molecular weight excluding hydrogens is 608 g/mol. The minimum Gasteiger partial charge on any atom is -0.481 e. The Balaban J connectivity index is 1.33. The molecule has 0 aromatic rings. The summed E-state index contributed by atoms with van der Waals surface area (Å²) in [5, 5.41) is 74.3. The molecule has 4 saturated carbocycles. The van der Waals surface area contributed by atoms with E-state index in [4.69, 9.17) is 9.47 Å². The van der Waals surface area contributed by atoms with Crippen LogP contribution < -0.4 is 0 Å². The van der Waals surface area contributed by atoms with Gasteiger partial charge in [0.15, 0.2) is 12.4 Å². The molecule has 1 aliphatic heterocycles. The highest BCUT2D eigenvalue weighted by Gasteiger charge is 2.71. The van der Waals surface area contributed by atoms with Gasteiger partial charge < -0.3 is 45.2 Å². The van der Waals surface area contributed by atoms with E-state index in [2.05, 4.69) is 26.8 Å². The van der Waals surface area contributed by atoms with Crippen molar-refractivity contribution in [1.82, 2.24) is 0 Å². The average Bonchev–Trinajstić information content (AvgIpc) is 3.00. The summed E-state index contributed by atoms with van der Waals surface area (Å²) in [6.45, 7) is 12.8. The van der Waals surface area contributed by atoms with Crippen molar-refractivity contribution in [1.29, 1.82) is 0 Å². The van der Waals surface area contributed by atoms with E-state index in [9.17, 15) is 45.3 Å². The zero-order valence-electron chi connectivity index (χ0n) is 28.7. The number of aliphatic hydroxyl groups is 5. The van der Waals surface area contributed by atoms with Crippen LogP contribution in [0.5, 0.6) is 0 Å². The van der Waals surface area contributed by atoms with Crippen LogP contribution in [0.15, 0.2) is 11.6 Å². The van der Waals surface area contributed by atoms with Gasteiger partial charge in [0.25, 0.3) is 0 Å². The monoisotopic (exact) mass is 664 g/mol. The minimum absolute atomic E-state index is 0.00259. The molecule has 2 unspecified atom stereocenters. The zero-order valence-corrected chi connectivity index (χ0v) is 28.7. The number of rotatable bonds is 5. The molecule has 266 valence electrons. The van der Waals surface area contributed by atoms with Crippen molar-refractivity contribution in [3.8, 4) is 0 Å². The second-order valence-electron chi connectivity index (χ2n) is 17.7. The Morgan fingerprint density at radius 1 is 0.851 bits per heavy atom. The Hall–Kier alpha value is -1.60. The zero-order chi connectivity index (χ0) is 34.7. The molecule has 47 heavy (non-hydrogen) atoms. The first kappa shape index (κ1) is 35.2. The lowest BCUT2D eigenvalue weighted by Gasteiger charge is -2.71. The van der Waals surface area contributed by atoms with Crippen LogP contribution in [0, 0.1) is 50.2 Å². The minimum atomic E-state index is -1.82. The highest BCUT2D eigenvalue weighted by atomic mass is 16.7. The molecule has 0 bridgehead atoms. The Kier molecular flexibility index (Phi) is 8.40. The lowest BCUT2D eigenvalue weighted by atomic mass is 9.33. The molecule has 11 nitrogen and oxygen atoms in total. The molecule has 0 amide bonds. The van der Waals surface area contributed by atoms with Gasteiger partial charge in [0.05, 0.1) is 24.2 Å². The van der Waals surface area contributed by atoms with E-state index in [-0.39, 0.29) is 40.1 Å². The summed E-state index contributed by atoms with van der Waals surface area (Å²) in [7, 11) is 0. The number of aliphatic hydroxyl groups excluding tert-OH is 5. The number of carboxylic acids is 2. The Labute approximate surface area is 277 Å². The number of carboxylic acid groups (broad SMARTS) is 2. The van der Waals surface area contributed by atoms with Crippen LogP contribution in [0.25, 0.3) is 0 Å². The number of carbonyl (C=O) groups is 2. The summed E-state index contributed by atoms with van der Waals surface area (Å²) in [6.07, 6.45) is -1.50. The van der Waals surface area contributed by atoms with Gasteiger partial charge in [0, 0.05) is 11.3 Å².